The van der Waals surface area contributed by atoms with Gasteiger partial charge in [-0.1, -0.05) is 5.16 Å². The molecule has 8 heteroatoms. The highest BCUT2D eigenvalue weighted by Crippen LogP contribution is 2.25. The zero-order valence-corrected chi connectivity index (χ0v) is 10.4. The molecule has 0 saturated heterocycles. The van der Waals surface area contributed by atoms with Crippen molar-refractivity contribution in [3.8, 4) is 11.5 Å². The van der Waals surface area contributed by atoms with E-state index >= 15 is 0 Å². The Bertz CT molecular complexity index is 654. The van der Waals surface area contributed by atoms with Gasteiger partial charge in [-0.3, -0.25) is 10.1 Å². The van der Waals surface area contributed by atoms with Crippen molar-refractivity contribution in [2.75, 3.05) is 0 Å². The highest BCUT2D eigenvalue weighted by Gasteiger charge is 2.22. The van der Waals surface area contributed by atoms with Crippen LogP contribution >= 0.6 is 0 Å². The molecular formula is C12H11FN4O3. The second-order valence-electron chi connectivity index (χ2n) is 4.59. The third kappa shape index (κ3) is 2.64. The lowest BCUT2D eigenvalue weighted by molar-refractivity contribution is -0.385. The van der Waals surface area contributed by atoms with E-state index in [0.717, 1.165) is 18.9 Å². The van der Waals surface area contributed by atoms with Crippen molar-refractivity contribution in [2.24, 2.45) is 0 Å². The number of rotatable bonds is 5. The van der Waals surface area contributed by atoms with Gasteiger partial charge in [0.25, 0.3) is 11.6 Å². The van der Waals surface area contributed by atoms with Gasteiger partial charge in [0.1, 0.15) is 5.82 Å². The number of nitro groups is 1. The molecule has 1 aliphatic carbocycles. The van der Waals surface area contributed by atoms with Gasteiger partial charge in [-0.05, 0) is 18.9 Å². The van der Waals surface area contributed by atoms with Gasteiger partial charge < -0.3 is 9.84 Å². The maximum atomic E-state index is 13.8. The first-order valence-electron chi connectivity index (χ1n) is 6.14. The summed E-state index contributed by atoms with van der Waals surface area (Å²) >= 11 is 0. The Morgan fingerprint density at radius 2 is 2.30 bits per heavy atom. The molecule has 0 atom stereocenters. The summed E-state index contributed by atoms with van der Waals surface area (Å²) in [5.74, 6) is -0.306. The van der Waals surface area contributed by atoms with Crippen LogP contribution in [0.2, 0.25) is 0 Å². The number of hydrogen-bond donors (Lipinski definition) is 1. The summed E-state index contributed by atoms with van der Waals surface area (Å²) in [7, 11) is 0. The van der Waals surface area contributed by atoms with Crippen LogP contribution in [-0.4, -0.2) is 21.1 Å². The van der Waals surface area contributed by atoms with Crippen molar-refractivity contribution >= 4 is 5.69 Å². The molecule has 1 heterocycles. The van der Waals surface area contributed by atoms with E-state index in [1.54, 1.807) is 0 Å². The zero-order valence-electron chi connectivity index (χ0n) is 10.4. The normalized spacial score (nSPS) is 14.4. The minimum atomic E-state index is -0.760. The zero-order chi connectivity index (χ0) is 14.1. The second kappa shape index (κ2) is 4.97. The van der Waals surface area contributed by atoms with E-state index in [9.17, 15) is 14.5 Å². The minimum Gasteiger partial charge on any atom is -0.334 e. The summed E-state index contributed by atoms with van der Waals surface area (Å²) in [5, 5.41) is 17.5. The maximum Gasteiger partial charge on any atom is 0.272 e. The van der Waals surface area contributed by atoms with Crippen LogP contribution in [0.25, 0.3) is 11.5 Å². The summed E-state index contributed by atoms with van der Waals surface area (Å²) in [6.45, 7) is 0.461. The van der Waals surface area contributed by atoms with Gasteiger partial charge in [-0.2, -0.15) is 4.98 Å². The summed E-state index contributed by atoms with van der Waals surface area (Å²) < 4.78 is 18.8. The molecule has 104 valence electrons. The van der Waals surface area contributed by atoms with Crippen molar-refractivity contribution in [1.82, 2.24) is 15.5 Å². The molecule has 1 aromatic carbocycles. The smallest absolute Gasteiger partial charge is 0.272 e. The predicted octanol–water partition coefficient (Wildman–Crippen LogP) is 2.04. The van der Waals surface area contributed by atoms with Crippen molar-refractivity contribution in [3.05, 3.63) is 40.0 Å². The molecule has 3 rings (SSSR count). The minimum absolute atomic E-state index is 0.0185. The van der Waals surface area contributed by atoms with Crippen LogP contribution in [-0.2, 0) is 6.54 Å². The molecule has 1 aromatic heterocycles. The lowest BCUT2D eigenvalue weighted by Crippen LogP contribution is -2.16. The molecule has 2 aromatic rings. The molecule has 0 unspecified atom stereocenters. The number of benzene rings is 1. The van der Waals surface area contributed by atoms with Gasteiger partial charge in [0.05, 0.1) is 23.1 Å². The van der Waals surface area contributed by atoms with Crippen LogP contribution in [0.3, 0.4) is 0 Å². The fourth-order valence-electron chi connectivity index (χ4n) is 1.75. The Balaban J connectivity index is 1.79. The molecular weight excluding hydrogens is 267 g/mol. The molecule has 1 aliphatic rings. The first-order chi connectivity index (χ1) is 9.63. The first kappa shape index (κ1) is 12.7. The topological polar surface area (TPSA) is 94.1 Å². The maximum absolute atomic E-state index is 13.8. The molecule has 1 saturated carbocycles. The number of halogens is 1. The number of nitro benzene ring substituents is 1. The highest BCUT2D eigenvalue weighted by atomic mass is 19.1. The number of aromatic nitrogens is 2. The van der Waals surface area contributed by atoms with Gasteiger partial charge in [0, 0.05) is 12.1 Å². The third-order valence-electron chi connectivity index (χ3n) is 2.99. The van der Waals surface area contributed by atoms with Gasteiger partial charge in [0.2, 0.25) is 0 Å². The Kier molecular flexibility index (Phi) is 3.15. The Hall–Kier alpha value is -2.35. The van der Waals surface area contributed by atoms with Crippen LogP contribution in [0.5, 0.6) is 0 Å². The Morgan fingerprint density at radius 3 is 2.95 bits per heavy atom. The van der Waals surface area contributed by atoms with E-state index in [2.05, 4.69) is 15.5 Å². The van der Waals surface area contributed by atoms with E-state index < -0.39 is 10.7 Å². The standard InChI is InChI=1S/C12H11FN4O3/c13-10-5-8(17(18)19)3-4-9(10)12-15-11(16-20-12)6-14-7-1-2-7/h3-5,7,14H,1-2,6H2. The van der Waals surface area contributed by atoms with Crippen molar-refractivity contribution in [1.29, 1.82) is 0 Å². The Labute approximate surface area is 112 Å². The number of nitrogens with zero attached hydrogens (tertiary/aromatic N) is 3. The summed E-state index contributed by atoms with van der Waals surface area (Å²) in [5.41, 5.74) is -0.262. The van der Waals surface area contributed by atoms with Gasteiger partial charge in [-0.15, -0.1) is 0 Å². The lowest BCUT2D eigenvalue weighted by atomic mass is 10.2. The van der Waals surface area contributed by atoms with Crippen LogP contribution < -0.4 is 5.32 Å². The first-order valence-corrected chi connectivity index (χ1v) is 6.14. The van der Waals surface area contributed by atoms with Crippen molar-refractivity contribution in [2.45, 2.75) is 25.4 Å². The monoisotopic (exact) mass is 278 g/mol. The number of hydrogen-bond acceptors (Lipinski definition) is 6. The molecule has 1 N–H and O–H groups in total. The van der Waals surface area contributed by atoms with E-state index in [4.69, 9.17) is 4.52 Å². The fourth-order valence-corrected chi connectivity index (χ4v) is 1.75. The molecule has 0 radical (unpaired) electrons. The average Bonchev–Trinajstić information content (AvgIpc) is 3.14. The predicted molar refractivity (Wildman–Crippen MR) is 66.2 cm³/mol. The van der Waals surface area contributed by atoms with Crippen molar-refractivity contribution in [3.63, 3.8) is 0 Å². The second-order valence-corrected chi connectivity index (χ2v) is 4.59. The highest BCUT2D eigenvalue weighted by molar-refractivity contribution is 5.56. The van der Waals surface area contributed by atoms with Crippen molar-refractivity contribution < 1.29 is 13.8 Å². The van der Waals surface area contributed by atoms with Crippen LogP contribution in [0.1, 0.15) is 18.7 Å². The third-order valence-corrected chi connectivity index (χ3v) is 2.99. The Morgan fingerprint density at radius 1 is 1.50 bits per heavy atom. The van der Waals surface area contributed by atoms with E-state index in [1.165, 1.54) is 12.1 Å². The quantitative estimate of drug-likeness (QED) is 0.664. The summed E-state index contributed by atoms with van der Waals surface area (Å²) in [6, 6.07) is 3.80. The van der Waals surface area contributed by atoms with Gasteiger partial charge in [-0.25, -0.2) is 4.39 Å². The molecule has 20 heavy (non-hydrogen) atoms. The molecule has 0 amide bonds. The lowest BCUT2D eigenvalue weighted by Gasteiger charge is -1.97. The van der Waals surface area contributed by atoms with Crippen LogP contribution in [0, 0.1) is 15.9 Å². The molecule has 0 bridgehead atoms. The molecule has 0 spiro atoms. The van der Waals surface area contributed by atoms with Gasteiger partial charge >= 0.3 is 0 Å². The van der Waals surface area contributed by atoms with Crippen LogP contribution in [0.4, 0.5) is 10.1 Å². The number of non-ortho nitro benzene ring substituents is 1. The van der Waals surface area contributed by atoms with Crippen LogP contribution in [0.15, 0.2) is 22.7 Å². The van der Waals surface area contributed by atoms with E-state index in [-0.39, 0.29) is 17.1 Å². The van der Waals surface area contributed by atoms with E-state index in [1.807, 2.05) is 0 Å². The fraction of sp³-hybridized carbons (Fsp3) is 0.333. The largest absolute Gasteiger partial charge is 0.334 e. The molecule has 7 nitrogen and oxygen atoms in total. The average molecular weight is 278 g/mol. The number of nitrogens with one attached hydrogen (secondary N) is 1. The molecule has 1 fully saturated rings. The SMILES string of the molecule is O=[N+]([O-])c1ccc(-c2nc(CNC3CC3)no2)c(F)c1. The van der Waals surface area contributed by atoms with E-state index in [0.29, 0.717) is 18.4 Å². The van der Waals surface area contributed by atoms with Gasteiger partial charge in [0.15, 0.2) is 5.82 Å². The summed E-state index contributed by atoms with van der Waals surface area (Å²) in [4.78, 5) is 13.9. The summed E-state index contributed by atoms with van der Waals surface area (Å²) in [6.07, 6.45) is 2.28. The molecule has 0 aliphatic heterocycles.